The minimum absolute atomic E-state index is 0.148. The van der Waals surface area contributed by atoms with Crippen molar-refractivity contribution in [2.24, 2.45) is 0 Å². The second kappa shape index (κ2) is 7.70. The van der Waals surface area contributed by atoms with Crippen LogP contribution in [0.15, 0.2) is 24.3 Å². The summed E-state index contributed by atoms with van der Waals surface area (Å²) in [7, 11) is 0. The van der Waals surface area contributed by atoms with Gasteiger partial charge in [0.25, 0.3) is 0 Å². The standard InChI is InChI=1S/C14H20N2O2/c1-11(2)16-13(9-15)10-18-14-5-3-12(4-6-14)7-8-17/h3-6,11,13,16-17H,7-8,10H2,1-2H3. The fraction of sp³-hybridized carbons (Fsp3) is 0.500. The number of benzene rings is 1. The van der Waals surface area contributed by atoms with E-state index in [2.05, 4.69) is 11.4 Å². The predicted octanol–water partition coefficient (Wildman–Crippen LogP) is 1.49. The lowest BCUT2D eigenvalue weighted by Gasteiger charge is -2.15. The molecule has 2 N–H and O–H groups in total. The molecule has 1 aromatic carbocycles. The van der Waals surface area contributed by atoms with Crippen LogP contribution in [0, 0.1) is 11.3 Å². The van der Waals surface area contributed by atoms with E-state index in [9.17, 15) is 0 Å². The highest BCUT2D eigenvalue weighted by atomic mass is 16.5. The summed E-state index contributed by atoms with van der Waals surface area (Å²) in [5, 5.41) is 20.9. The molecule has 4 nitrogen and oxygen atoms in total. The second-order valence-electron chi connectivity index (χ2n) is 4.43. The molecule has 1 unspecified atom stereocenters. The van der Waals surface area contributed by atoms with Gasteiger partial charge in [-0.05, 0) is 38.0 Å². The molecule has 1 aromatic rings. The minimum atomic E-state index is -0.304. The summed E-state index contributed by atoms with van der Waals surface area (Å²) in [5.41, 5.74) is 1.07. The van der Waals surface area contributed by atoms with E-state index in [1.54, 1.807) is 0 Å². The first-order valence-corrected chi connectivity index (χ1v) is 6.14. The first-order valence-electron chi connectivity index (χ1n) is 6.14. The Balaban J connectivity index is 2.45. The van der Waals surface area contributed by atoms with Gasteiger partial charge in [0.2, 0.25) is 0 Å². The maximum Gasteiger partial charge on any atom is 0.130 e. The molecule has 0 spiro atoms. The molecule has 4 heteroatoms. The van der Waals surface area contributed by atoms with E-state index in [0.29, 0.717) is 13.0 Å². The lowest BCUT2D eigenvalue weighted by molar-refractivity contribution is 0.282. The van der Waals surface area contributed by atoms with Gasteiger partial charge in [0, 0.05) is 12.6 Å². The van der Waals surface area contributed by atoms with Crippen LogP contribution in [-0.4, -0.2) is 30.4 Å². The van der Waals surface area contributed by atoms with E-state index < -0.39 is 0 Å². The zero-order chi connectivity index (χ0) is 13.4. The van der Waals surface area contributed by atoms with Crippen LogP contribution in [-0.2, 0) is 6.42 Å². The Bertz CT molecular complexity index is 382. The molecule has 0 amide bonds. The van der Waals surface area contributed by atoms with Crippen molar-refractivity contribution >= 4 is 0 Å². The van der Waals surface area contributed by atoms with Crippen LogP contribution in [0.5, 0.6) is 5.75 Å². The van der Waals surface area contributed by atoms with Crippen molar-refractivity contribution in [2.75, 3.05) is 13.2 Å². The van der Waals surface area contributed by atoms with Crippen molar-refractivity contribution in [1.82, 2.24) is 5.32 Å². The van der Waals surface area contributed by atoms with Crippen molar-refractivity contribution < 1.29 is 9.84 Å². The smallest absolute Gasteiger partial charge is 0.130 e. The summed E-state index contributed by atoms with van der Waals surface area (Å²) in [4.78, 5) is 0. The molecule has 0 fully saturated rings. The van der Waals surface area contributed by atoms with Crippen LogP contribution in [0.25, 0.3) is 0 Å². The second-order valence-corrected chi connectivity index (χ2v) is 4.43. The normalized spacial score (nSPS) is 12.2. The molecular formula is C14H20N2O2. The van der Waals surface area contributed by atoms with Gasteiger partial charge in [-0.3, -0.25) is 5.32 Å². The highest BCUT2D eigenvalue weighted by Crippen LogP contribution is 2.12. The lowest BCUT2D eigenvalue weighted by atomic mass is 10.1. The van der Waals surface area contributed by atoms with Crippen molar-refractivity contribution in [3.05, 3.63) is 29.8 Å². The number of hydrogen-bond acceptors (Lipinski definition) is 4. The Morgan fingerprint density at radius 3 is 2.50 bits per heavy atom. The van der Waals surface area contributed by atoms with Crippen LogP contribution >= 0.6 is 0 Å². The molecule has 1 rings (SSSR count). The van der Waals surface area contributed by atoms with Gasteiger partial charge in [-0.2, -0.15) is 5.26 Å². The molecule has 18 heavy (non-hydrogen) atoms. The van der Waals surface area contributed by atoms with Gasteiger partial charge in [0.1, 0.15) is 18.4 Å². The third-order valence-electron chi connectivity index (χ3n) is 2.43. The largest absolute Gasteiger partial charge is 0.491 e. The van der Waals surface area contributed by atoms with Crippen LogP contribution in [0.1, 0.15) is 19.4 Å². The van der Waals surface area contributed by atoms with E-state index in [0.717, 1.165) is 11.3 Å². The molecule has 0 saturated carbocycles. The quantitative estimate of drug-likeness (QED) is 0.767. The van der Waals surface area contributed by atoms with Gasteiger partial charge < -0.3 is 9.84 Å². The van der Waals surface area contributed by atoms with Crippen molar-refractivity contribution in [2.45, 2.75) is 32.4 Å². The van der Waals surface area contributed by atoms with Gasteiger partial charge in [0.05, 0.1) is 6.07 Å². The number of nitrogens with one attached hydrogen (secondary N) is 1. The minimum Gasteiger partial charge on any atom is -0.491 e. The van der Waals surface area contributed by atoms with E-state index in [-0.39, 0.29) is 18.7 Å². The van der Waals surface area contributed by atoms with Crippen molar-refractivity contribution in [3.8, 4) is 11.8 Å². The molecule has 0 aliphatic rings. The van der Waals surface area contributed by atoms with E-state index >= 15 is 0 Å². The number of nitriles is 1. The third-order valence-corrected chi connectivity index (χ3v) is 2.43. The topological polar surface area (TPSA) is 65.3 Å². The summed E-state index contributed by atoms with van der Waals surface area (Å²) >= 11 is 0. The van der Waals surface area contributed by atoms with E-state index in [1.165, 1.54) is 0 Å². The summed E-state index contributed by atoms with van der Waals surface area (Å²) in [5.74, 6) is 0.738. The molecule has 1 atom stereocenters. The van der Waals surface area contributed by atoms with Crippen LogP contribution in [0.2, 0.25) is 0 Å². The lowest BCUT2D eigenvalue weighted by Crippen LogP contribution is -2.37. The summed E-state index contributed by atoms with van der Waals surface area (Å²) in [6, 6.07) is 9.67. The SMILES string of the molecule is CC(C)NC(C#N)COc1ccc(CCO)cc1. The average Bonchev–Trinajstić information content (AvgIpc) is 2.36. The average molecular weight is 248 g/mol. The molecule has 0 aliphatic heterocycles. The Morgan fingerprint density at radius 2 is 2.00 bits per heavy atom. The zero-order valence-electron chi connectivity index (χ0n) is 10.9. The zero-order valence-corrected chi connectivity index (χ0v) is 10.9. The molecule has 0 radical (unpaired) electrons. The highest BCUT2D eigenvalue weighted by Gasteiger charge is 2.09. The molecule has 0 aromatic heterocycles. The number of aliphatic hydroxyl groups is 1. The Morgan fingerprint density at radius 1 is 1.33 bits per heavy atom. The Hall–Kier alpha value is -1.57. The van der Waals surface area contributed by atoms with Gasteiger partial charge in [-0.15, -0.1) is 0 Å². The number of nitrogens with zero attached hydrogens (tertiary/aromatic N) is 1. The number of aliphatic hydroxyl groups excluding tert-OH is 1. The van der Waals surface area contributed by atoms with Gasteiger partial charge in [-0.1, -0.05) is 12.1 Å². The maximum absolute atomic E-state index is 8.95. The van der Waals surface area contributed by atoms with E-state index in [1.807, 2.05) is 38.1 Å². The number of rotatable bonds is 7. The first-order chi connectivity index (χ1) is 8.65. The van der Waals surface area contributed by atoms with E-state index in [4.69, 9.17) is 15.1 Å². The fourth-order valence-corrected chi connectivity index (χ4v) is 1.59. The summed E-state index contributed by atoms with van der Waals surface area (Å²) in [6.45, 7) is 4.46. The predicted molar refractivity (Wildman–Crippen MR) is 70.4 cm³/mol. The summed E-state index contributed by atoms with van der Waals surface area (Å²) in [6.07, 6.45) is 0.649. The molecular weight excluding hydrogens is 228 g/mol. The van der Waals surface area contributed by atoms with Crippen LogP contribution in [0.3, 0.4) is 0 Å². The molecule has 0 heterocycles. The molecule has 0 saturated heterocycles. The van der Waals surface area contributed by atoms with Gasteiger partial charge >= 0.3 is 0 Å². The fourth-order valence-electron chi connectivity index (χ4n) is 1.59. The van der Waals surface area contributed by atoms with Crippen LogP contribution < -0.4 is 10.1 Å². The van der Waals surface area contributed by atoms with Crippen LogP contribution in [0.4, 0.5) is 0 Å². The first kappa shape index (κ1) is 14.5. The Labute approximate surface area is 108 Å². The molecule has 98 valence electrons. The van der Waals surface area contributed by atoms with Crippen molar-refractivity contribution in [1.29, 1.82) is 5.26 Å². The number of hydrogen-bond donors (Lipinski definition) is 2. The molecule has 0 aliphatic carbocycles. The Kier molecular flexibility index (Phi) is 6.20. The number of ether oxygens (including phenoxy) is 1. The third kappa shape index (κ3) is 5.17. The molecule has 0 bridgehead atoms. The maximum atomic E-state index is 8.95. The highest BCUT2D eigenvalue weighted by molar-refractivity contribution is 5.27. The van der Waals surface area contributed by atoms with Gasteiger partial charge in [0.15, 0.2) is 0 Å². The van der Waals surface area contributed by atoms with Gasteiger partial charge in [-0.25, -0.2) is 0 Å². The monoisotopic (exact) mass is 248 g/mol. The van der Waals surface area contributed by atoms with Crippen molar-refractivity contribution in [3.63, 3.8) is 0 Å². The summed E-state index contributed by atoms with van der Waals surface area (Å²) < 4.78 is 5.55.